The number of ether oxygens (including phenoxy) is 1. The number of hydrogen-bond acceptors (Lipinski definition) is 3. The zero-order valence-electron chi connectivity index (χ0n) is 11.2. The molecule has 0 bridgehead atoms. The van der Waals surface area contributed by atoms with E-state index >= 15 is 0 Å². The normalized spacial score (nSPS) is 12.3. The Hall–Kier alpha value is -2.39. The second-order valence-corrected chi connectivity index (χ2v) is 4.57. The van der Waals surface area contributed by atoms with Gasteiger partial charge in [-0.1, -0.05) is 42.5 Å². The van der Waals surface area contributed by atoms with Gasteiger partial charge in [0.25, 0.3) is 0 Å². The first-order valence-corrected chi connectivity index (χ1v) is 6.46. The highest BCUT2D eigenvalue weighted by molar-refractivity contribution is 5.82. The van der Waals surface area contributed by atoms with Gasteiger partial charge in [-0.05, 0) is 12.1 Å². The number of aliphatic hydroxyl groups excluding tert-OH is 1. The summed E-state index contributed by atoms with van der Waals surface area (Å²) in [4.78, 5) is 4.38. The summed E-state index contributed by atoms with van der Waals surface area (Å²) in [7, 11) is 1.60. The van der Waals surface area contributed by atoms with Crippen LogP contribution in [0.5, 0.6) is 5.75 Å². The third-order valence-corrected chi connectivity index (χ3v) is 3.39. The quantitative estimate of drug-likeness (QED) is 0.790. The molecule has 3 rings (SSSR count). The van der Waals surface area contributed by atoms with Crippen LogP contribution < -0.4 is 4.74 Å². The molecule has 100 valence electrons. The van der Waals surface area contributed by atoms with Crippen LogP contribution in [-0.4, -0.2) is 17.2 Å². The van der Waals surface area contributed by atoms with Crippen molar-refractivity contribution in [3.63, 3.8) is 0 Å². The van der Waals surface area contributed by atoms with Crippen molar-refractivity contribution in [2.24, 2.45) is 0 Å². The van der Waals surface area contributed by atoms with Crippen molar-refractivity contribution in [2.75, 3.05) is 7.11 Å². The first-order valence-electron chi connectivity index (χ1n) is 6.46. The van der Waals surface area contributed by atoms with E-state index in [1.807, 2.05) is 54.6 Å². The van der Waals surface area contributed by atoms with Gasteiger partial charge in [-0.15, -0.1) is 0 Å². The van der Waals surface area contributed by atoms with E-state index in [1.54, 1.807) is 13.3 Å². The summed E-state index contributed by atoms with van der Waals surface area (Å²) in [5.74, 6) is 0.674. The van der Waals surface area contributed by atoms with Crippen LogP contribution in [0.3, 0.4) is 0 Å². The molecule has 0 saturated heterocycles. The fourth-order valence-corrected chi connectivity index (χ4v) is 2.41. The predicted molar refractivity (Wildman–Crippen MR) is 78.8 cm³/mol. The Kier molecular flexibility index (Phi) is 3.35. The van der Waals surface area contributed by atoms with Gasteiger partial charge in [0.2, 0.25) is 0 Å². The van der Waals surface area contributed by atoms with E-state index < -0.39 is 6.10 Å². The first kappa shape index (κ1) is 12.6. The summed E-state index contributed by atoms with van der Waals surface area (Å²) >= 11 is 0. The van der Waals surface area contributed by atoms with Crippen molar-refractivity contribution in [3.05, 3.63) is 71.9 Å². The molecule has 0 aliphatic heterocycles. The van der Waals surface area contributed by atoms with Gasteiger partial charge in [-0.3, -0.25) is 4.98 Å². The summed E-state index contributed by atoms with van der Waals surface area (Å²) in [6, 6.07) is 17.2. The van der Waals surface area contributed by atoms with Gasteiger partial charge in [0.05, 0.1) is 12.6 Å². The van der Waals surface area contributed by atoms with Crippen LogP contribution in [0.4, 0.5) is 0 Å². The average molecular weight is 265 g/mol. The lowest BCUT2D eigenvalue weighted by molar-refractivity contribution is 0.216. The molecule has 1 N–H and O–H groups in total. The van der Waals surface area contributed by atoms with E-state index in [0.29, 0.717) is 5.75 Å². The molecule has 0 saturated carbocycles. The number of fused-ring (bicyclic) bond motifs is 1. The molecule has 0 fully saturated rings. The Bertz CT molecular complexity index is 734. The number of nitrogens with zero attached hydrogens (tertiary/aromatic N) is 1. The third kappa shape index (κ3) is 2.12. The number of methoxy groups -OCH3 is 1. The maximum Gasteiger partial charge on any atom is 0.125 e. The van der Waals surface area contributed by atoms with Gasteiger partial charge in [0.15, 0.2) is 0 Å². The maximum atomic E-state index is 10.7. The molecule has 0 spiro atoms. The van der Waals surface area contributed by atoms with Gasteiger partial charge in [0, 0.05) is 22.7 Å². The van der Waals surface area contributed by atoms with Crippen LogP contribution in [0.1, 0.15) is 17.2 Å². The fourth-order valence-electron chi connectivity index (χ4n) is 2.41. The first-order chi connectivity index (χ1) is 9.81. The highest BCUT2D eigenvalue weighted by Crippen LogP contribution is 2.32. The van der Waals surface area contributed by atoms with Crippen molar-refractivity contribution in [3.8, 4) is 5.75 Å². The number of aliphatic hydroxyl groups is 1. The molecule has 0 radical (unpaired) electrons. The highest BCUT2D eigenvalue weighted by Gasteiger charge is 2.17. The molecular weight excluding hydrogens is 250 g/mol. The van der Waals surface area contributed by atoms with E-state index in [-0.39, 0.29) is 0 Å². The summed E-state index contributed by atoms with van der Waals surface area (Å²) in [6.07, 6.45) is 0.977. The molecule has 2 aromatic carbocycles. The highest BCUT2D eigenvalue weighted by atomic mass is 16.5. The van der Waals surface area contributed by atoms with Crippen molar-refractivity contribution in [1.29, 1.82) is 0 Å². The summed E-state index contributed by atoms with van der Waals surface area (Å²) in [5.41, 5.74) is 2.34. The number of pyridine rings is 1. The Balaban J connectivity index is 2.15. The van der Waals surface area contributed by atoms with Crippen LogP contribution in [0.15, 0.2) is 60.8 Å². The molecule has 0 amide bonds. The largest absolute Gasteiger partial charge is 0.496 e. The van der Waals surface area contributed by atoms with E-state index in [0.717, 1.165) is 22.0 Å². The lowest BCUT2D eigenvalue weighted by atomic mass is 9.98. The topological polar surface area (TPSA) is 42.4 Å². The van der Waals surface area contributed by atoms with Crippen LogP contribution in [0.2, 0.25) is 0 Å². The number of hydrogen-bond donors (Lipinski definition) is 1. The minimum Gasteiger partial charge on any atom is -0.496 e. The van der Waals surface area contributed by atoms with Crippen molar-refractivity contribution < 1.29 is 9.84 Å². The number of aromatic nitrogens is 1. The van der Waals surface area contributed by atoms with Gasteiger partial charge < -0.3 is 9.84 Å². The van der Waals surface area contributed by atoms with E-state index in [9.17, 15) is 5.11 Å². The van der Waals surface area contributed by atoms with E-state index in [2.05, 4.69) is 4.98 Å². The minimum atomic E-state index is -0.759. The summed E-state index contributed by atoms with van der Waals surface area (Å²) in [6.45, 7) is 0. The molecule has 20 heavy (non-hydrogen) atoms. The second-order valence-electron chi connectivity index (χ2n) is 4.57. The molecule has 1 unspecified atom stereocenters. The smallest absolute Gasteiger partial charge is 0.125 e. The summed E-state index contributed by atoms with van der Waals surface area (Å²) < 4.78 is 5.32. The van der Waals surface area contributed by atoms with Gasteiger partial charge in [-0.2, -0.15) is 0 Å². The van der Waals surface area contributed by atoms with E-state index in [4.69, 9.17) is 4.74 Å². The molecule has 3 heteroatoms. The predicted octanol–water partition coefficient (Wildman–Crippen LogP) is 3.33. The van der Waals surface area contributed by atoms with Crippen LogP contribution in [0.25, 0.3) is 10.9 Å². The van der Waals surface area contributed by atoms with Crippen LogP contribution in [-0.2, 0) is 0 Å². The molecule has 0 aliphatic carbocycles. The minimum absolute atomic E-state index is 0.674. The zero-order chi connectivity index (χ0) is 13.9. The van der Waals surface area contributed by atoms with Gasteiger partial charge >= 0.3 is 0 Å². The van der Waals surface area contributed by atoms with Crippen LogP contribution >= 0.6 is 0 Å². The summed E-state index contributed by atoms with van der Waals surface area (Å²) in [5, 5.41) is 11.7. The molecule has 0 aliphatic rings. The Labute approximate surface area is 117 Å². The number of para-hydroxylation sites is 2. The lowest BCUT2D eigenvalue weighted by Gasteiger charge is -2.16. The SMILES string of the molecule is COc1ccccc1C(O)c1cccc2cccnc12. The van der Waals surface area contributed by atoms with Crippen molar-refractivity contribution in [2.45, 2.75) is 6.10 Å². The lowest BCUT2D eigenvalue weighted by Crippen LogP contribution is -2.03. The van der Waals surface area contributed by atoms with Crippen molar-refractivity contribution >= 4 is 10.9 Å². The van der Waals surface area contributed by atoms with Gasteiger partial charge in [0.1, 0.15) is 11.9 Å². The molecular formula is C17H15NO2. The average Bonchev–Trinajstić information content (AvgIpc) is 2.53. The molecule has 1 atom stereocenters. The van der Waals surface area contributed by atoms with Crippen LogP contribution in [0, 0.1) is 0 Å². The van der Waals surface area contributed by atoms with Crippen molar-refractivity contribution in [1.82, 2.24) is 4.98 Å². The Morgan fingerprint density at radius 1 is 0.950 bits per heavy atom. The molecule has 1 aromatic heterocycles. The molecule has 3 aromatic rings. The third-order valence-electron chi connectivity index (χ3n) is 3.39. The molecule has 3 nitrogen and oxygen atoms in total. The monoisotopic (exact) mass is 265 g/mol. The molecule has 1 heterocycles. The van der Waals surface area contributed by atoms with Gasteiger partial charge in [-0.25, -0.2) is 0 Å². The Morgan fingerprint density at radius 3 is 2.55 bits per heavy atom. The van der Waals surface area contributed by atoms with E-state index in [1.165, 1.54) is 0 Å². The Morgan fingerprint density at radius 2 is 1.70 bits per heavy atom. The maximum absolute atomic E-state index is 10.7. The zero-order valence-corrected chi connectivity index (χ0v) is 11.2. The number of benzene rings is 2. The fraction of sp³-hybridized carbons (Fsp3) is 0.118. The number of rotatable bonds is 3. The standard InChI is InChI=1S/C17H15NO2/c1-20-15-10-3-2-8-13(15)17(19)14-9-4-6-12-7-5-11-18-16(12)14/h2-11,17,19H,1H3. The second kappa shape index (κ2) is 5.31.